The van der Waals surface area contributed by atoms with Crippen LogP contribution in [0.2, 0.25) is 0 Å². The number of nitrogens with zero attached hydrogens (tertiary/aromatic N) is 1. The molecule has 0 aliphatic rings. The molecule has 0 saturated heterocycles. The minimum Gasteiger partial charge on any atom is -0.504 e. The van der Waals surface area contributed by atoms with E-state index in [1.165, 1.54) is 0 Å². The van der Waals surface area contributed by atoms with Crippen LogP contribution >= 0.6 is 0 Å². The molecule has 3 aromatic rings. The zero-order chi connectivity index (χ0) is 14.8. The lowest BCUT2D eigenvalue weighted by molar-refractivity contribution is 0.290. The van der Waals surface area contributed by atoms with Gasteiger partial charge < -0.3 is 20.1 Å². The van der Waals surface area contributed by atoms with Crippen molar-refractivity contribution in [3.05, 3.63) is 59.8 Å². The van der Waals surface area contributed by atoms with Gasteiger partial charge in [0, 0.05) is 36.3 Å². The van der Waals surface area contributed by atoms with Gasteiger partial charge in [-0.1, -0.05) is 24.3 Å². The highest BCUT2D eigenvalue weighted by Gasteiger charge is 2.11. The molecule has 0 radical (unpaired) electrons. The number of benzene rings is 2. The number of aromatic nitrogens is 1. The third kappa shape index (κ3) is 2.45. The Morgan fingerprint density at radius 2 is 1.90 bits per heavy atom. The molecular formula is C17H18N2O2. The molecule has 0 amide bonds. The van der Waals surface area contributed by atoms with Gasteiger partial charge in [-0.15, -0.1) is 0 Å². The highest BCUT2D eigenvalue weighted by molar-refractivity contribution is 5.87. The van der Waals surface area contributed by atoms with Crippen LogP contribution in [-0.4, -0.2) is 9.67 Å². The van der Waals surface area contributed by atoms with Crippen LogP contribution < -0.4 is 10.5 Å². The first kappa shape index (κ1) is 13.5. The van der Waals surface area contributed by atoms with E-state index in [1.807, 2.05) is 31.4 Å². The summed E-state index contributed by atoms with van der Waals surface area (Å²) in [5, 5.41) is 10.9. The van der Waals surface area contributed by atoms with Crippen molar-refractivity contribution in [2.75, 3.05) is 0 Å². The lowest BCUT2D eigenvalue weighted by Gasteiger charge is -2.08. The summed E-state index contributed by atoms with van der Waals surface area (Å²) in [6, 6.07) is 13.1. The number of aromatic hydroxyl groups is 1. The second-order valence-corrected chi connectivity index (χ2v) is 5.04. The van der Waals surface area contributed by atoms with Crippen molar-refractivity contribution in [2.24, 2.45) is 12.8 Å². The summed E-state index contributed by atoms with van der Waals surface area (Å²) in [6.07, 6.45) is 2.05. The molecule has 108 valence electrons. The third-order valence-corrected chi connectivity index (χ3v) is 3.65. The number of phenolic OH excluding ortho intramolecular Hbond substituents is 1. The van der Waals surface area contributed by atoms with Gasteiger partial charge >= 0.3 is 0 Å². The zero-order valence-corrected chi connectivity index (χ0v) is 11.9. The summed E-state index contributed by atoms with van der Waals surface area (Å²) >= 11 is 0. The number of fused-ring (bicyclic) bond motifs is 1. The lowest BCUT2D eigenvalue weighted by Crippen LogP contribution is -2.00. The molecule has 0 spiro atoms. The molecule has 0 aliphatic heterocycles. The Balaban J connectivity index is 1.96. The van der Waals surface area contributed by atoms with Gasteiger partial charge in [0.15, 0.2) is 11.5 Å². The molecule has 1 heterocycles. The van der Waals surface area contributed by atoms with Crippen molar-refractivity contribution in [3.63, 3.8) is 0 Å². The predicted octanol–water partition coefficient (Wildman–Crippen LogP) is 2.92. The molecule has 4 heteroatoms. The van der Waals surface area contributed by atoms with E-state index in [0.29, 0.717) is 18.9 Å². The van der Waals surface area contributed by atoms with Crippen molar-refractivity contribution < 1.29 is 9.84 Å². The number of phenols is 1. The van der Waals surface area contributed by atoms with E-state index in [4.69, 9.17) is 10.5 Å². The van der Waals surface area contributed by atoms with Gasteiger partial charge in [-0.05, 0) is 23.8 Å². The molecule has 21 heavy (non-hydrogen) atoms. The van der Waals surface area contributed by atoms with Crippen molar-refractivity contribution >= 4 is 10.9 Å². The van der Waals surface area contributed by atoms with Crippen LogP contribution in [0.3, 0.4) is 0 Å². The van der Waals surface area contributed by atoms with Crippen LogP contribution in [0.1, 0.15) is 11.1 Å². The van der Waals surface area contributed by atoms with Gasteiger partial charge in [0.25, 0.3) is 0 Å². The molecule has 0 bridgehead atoms. The second-order valence-electron chi connectivity index (χ2n) is 5.04. The Bertz CT molecular complexity index is 778. The summed E-state index contributed by atoms with van der Waals surface area (Å²) in [7, 11) is 2.01. The summed E-state index contributed by atoms with van der Waals surface area (Å²) in [6.45, 7) is 0.886. The molecular weight excluding hydrogens is 264 g/mol. The van der Waals surface area contributed by atoms with E-state index in [9.17, 15) is 5.11 Å². The third-order valence-electron chi connectivity index (χ3n) is 3.65. The largest absolute Gasteiger partial charge is 0.504 e. The predicted molar refractivity (Wildman–Crippen MR) is 83.2 cm³/mol. The molecule has 0 unspecified atom stereocenters. The van der Waals surface area contributed by atoms with Crippen molar-refractivity contribution in [2.45, 2.75) is 13.2 Å². The summed E-state index contributed by atoms with van der Waals surface area (Å²) < 4.78 is 7.81. The van der Waals surface area contributed by atoms with Crippen LogP contribution in [-0.2, 0) is 20.2 Å². The van der Waals surface area contributed by atoms with Crippen molar-refractivity contribution in [1.29, 1.82) is 0 Å². The average molecular weight is 282 g/mol. The average Bonchev–Trinajstić information content (AvgIpc) is 2.83. The van der Waals surface area contributed by atoms with E-state index in [-0.39, 0.29) is 5.75 Å². The second kappa shape index (κ2) is 5.50. The normalized spacial score (nSPS) is 11.0. The SMILES string of the molecule is Cn1cc(COc2ccccc2O)c2c(CN)cccc21. The Labute approximate surface area is 123 Å². The summed E-state index contributed by atoms with van der Waals surface area (Å²) in [4.78, 5) is 0. The van der Waals surface area contributed by atoms with E-state index in [1.54, 1.807) is 18.2 Å². The summed E-state index contributed by atoms with van der Waals surface area (Å²) in [5.41, 5.74) is 9.14. The van der Waals surface area contributed by atoms with E-state index >= 15 is 0 Å². The lowest BCUT2D eigenvalue weighted by atomic mass is 10.1. The first-order valence-electron chi connectivity index (χ1n) is 6.87. The Morgan fingerprint density at radius 3 is 2.67 bits per heavy atom. The fourth-order valence-corrected chi connectivity index (χ4v) is 2.63. The molecule has 2 aromatic carbocycles. The van der Waals surface area contributed by atoms with Crippen LogP contribution in [0.15, 0.2) is 48.7 Å². The topological polar surface area (TPSA) is 60.4 Å². The smallest absolute Gasteiger partial charge is 0.161 e. The molecule has 1 aromatic heterocycles. The molecule has 0 saturated carbocycles. The van der Waals surface area contributed by atoms with Gasteiger partial charge in [-0.2, -0.15) is 0 Å². The maximum absolute atomic E-state index is 9.76. The standard InChI is InChI=1S/C17H18N2O2/c1-19-10-13(11-21-16-8-3-2-7-15(16)20)17-12(9-18)5-4-6-14(17)19/h2-8,10,20H,9,11,18H2,1H3. The Morgan fingerprint density at radius 1 is 1.10 bits per heavy atom. The number of hydrogen-bond donors (Lipinski definition) is 2. The number of aryl methyl sites for hydroxylation is 1. The number of nitrogens with two attached hydrogens (primary N) is 1. The van der Waals surface area contributed by atoms with Crippen molar-refractivity contribution in [1.82, 2.24) is 4.57 Å². The van der Waals surface area contributed by atoms with Crippen molar-refractivity contribution in [3.8, 4) is 11.5 Å². The minimum atomic E-state index is 0.150. The Kier molecular flexibility index (Phi) is 3.54. The maximum Gasteiger partial charge on any atom is 0.161 e. The van der Waals surface area contributed by atoms with E-state index in [0.717, 1.165) is 22.0 Å². The maximum atomic E-state index is 9.76. The number of rotatable bonds is 4. The van der Waals surface area contributed by atoms with Crippen LogP contribution in [0.25, 0.3) is 10.9 Å². The Hall–Kier alpha value is -2.46. The van der Waals surface area contributed by atoms with Crippen LogP contribution in [0, 0.1) is 0 Å². The van der Waals surface area contributed by atoms with Gasteiger partial charge in [0.05, 0.1) is 0 Å². The van der Waals surface area contributed by atoms with Gasteiger partial charge in [-0.25, -0.2) is 0 Å². The first-order chi connectivity index (χ1) is 10.2. The number of hydrogen-bond acceptors (Lipinski definition) is 3. The first-order valence-corrected chi connectivity index (χ1v) is 6.87. The van der Waals surface area contributed by atoms with Crippen LogP contribution in [0.4, 0.5) is 0 Å². The minimum absolute atomic E-state index is 0.150. The fourth-order valence-electron chi connectivity index (χ4n) is 2.63. The molecule has 3 N–H and O–H groups in total. The fraction of sp³-hybridized carbons (Fsp3) is 0.176. The number of para-hydroxylation sites is 2. The van der Waals surface area contributed by atoms with Crippen LogP contribution in [0.5, 0.6) is 11.5 Å². The van der Waals surface area contributed by atoms with Gasteiger partial charge in [0.2, 0.25) is 0 Å². The molecule has 0 atom stereocenters. The zero-order valence-electron chi connectivity index (χ0n) is 11.9. The highest BCUT2D eigenvalue weighted by Crippen LogP contribution is 2.28. The molecule has 3 rings (SSSR count). The highest BCUT2D eigenvalue weighted by atomic mass is 16.5. The van der Waals surface area contributed by atoms with Gasteiger partial charge in [0.1, 0.15) is 6.61 Å². The van der Waals surface area contributed by atoms with E-state index < -0.39 is 0 Å². The van der Waals surface area contributed by atoms with Gasteiger partial charge in [-0.3, -0.25) is 0 Å². The molecule has 0 aliphatic carbocycles. The monoisotopic (exact) mass is 282 g/mol. The van der Waals surface area contributed by atoms with E-state index in [2.05, 4.69) is 10.6 Å². The molecule has 4 nitrogen and oxygen atoms in total. The molecule has 0 fully saturated rings. The quantitative estimate of drug-likeness (QED) is 0.773. The summed E-state index contributed by atoms with van der Waals surface area (Å²) in [5.74, 6) is 0.636. The number of ether oxygens (including phenoxy) is 1.